The number of aryl methyl sites for hydroxylation is 1. The highest BCUT2D eigenvalue weighted by Crippen LogP contribution is 2.28. The number of anilines is 2. The minimum Gasteiger partial charge on any atom is -0.495 e. The molecule has 6 heteroatoms. The van der Waals surface area contributed by atoms with Crippen LogP contribution in [0.15, 0.2) is 46.9 Å². The van der Waals surface area contributed by atoms with Crippen molar-refractivity contribution < 1.29 is 9.53 Å². The third-order valence-electron chi connectivity index (χ3n) is 4.42. The number of ether oxygens (including phenoxy) is 1. The Morgan fingerprint density at radius 2 is 1.84 bits per heavy atom. The third-order valence-corrected chi connectivity index (χ3v) is 4.92. The van der Waals surface area contributed by atoms with Crippen molar-refractivity contribution in [2.75, 3.05) is 43.5 Å². The number of carbonyl (C=O) groups excluding carboxylic acids is 1. The lowest BCUT2D eigenvalue weighted by atomic mass is 10.2. The van der Waals surface area contributed by atoms with Gasteiger partial charge in [-0.05, 0) is 42.8 Å². The summed E-state index contributed by atoms with van der Waals surface area (Å²) in [6, 6.07) is 13.8. The molecule has 1 heterocycles. The van der Waals surface area contributed by atoms with Crippen molar-refractivity contribution in [2.24, 2.45) is 0 Å². The fraction of sp³-hybridized carbons (Fsp3) is 0.316. The molecule has 0 atom stereocenters. The Kier molecular flexibility index (Phi) is 5.48. The van der Waals surface area contributed by atoms with Crippen LogP contribution in [0.2, 0.25) is 0 Å². The van der Waals surface area contributed by atoms with E-state index in [-0.39, 0.29) is 6.03 Å². The number of rotatable bonds is 3. The summed E-state index contributed by atoms with van der Waals surface area (Å²) in [6.45, 7) is 4.92. The SMILES string of the molecule is COc1ccccc1N1CCN(C(=O)Nc2ccc(Br)cc2C)CC1. The zero-order valence-corrected chi connectivity index (χ0v) is 16.0. The van der Waals surface area contributed by atoms with Gasteiger partial charge in [0.15, 0.2) is 0 Å². The average Bonchev–Trinajstić information content (AvgIpc) is 2.64. The molecule has 2 aromatic carbocycles. The number of benzene rings is 2. The molecule has 2 aromatic rings. The van der Waals surface area contributed by atoms with Crippen LogP contribution in [0.4, 0.5) is 16.2 Å². The van der Waals surface area contributed by atoms with E-state index in [4.69, 9.17) is 4.74 Å². The van der Waals surface area contributed by atoms with Crippen molar-refractivity contribution in [3.05, 3.63) is 52.5 Å². The summed E-state index contributed by atoms with van der Waals surface area (Å²) < 4.78 is 6.44. The second-order valence-corrected chi connectivity index (χ2v) is 6.95. The molecule has 1 saturated heterocycles. The van der Waals surface area contributed by atoms with E-state index >= 15 is 0 Å². The van der Waals surface area contributed by atoms with Gasteiger partial charge in [-0.2, -0.15) is 0 Å². The van der Waals surface area contributed by atoms with Gasteiger partial charge in [0.1, 0.15) is 5.75 Å². The van der Waals surface area contributed by atoms with Gasteiger partial charge in [0.25, 0.3) is 0 Å². The monoisotopic (exact) mass is 403 g/mol. The summed E-state index contributed by atoms with van der Waals surface area (Å²) in [5, 5.41) is 3.01. The van der Waals surface area contributed by atoms with Gasteiger partial charge in [0, 0.05) is 36.3 Å². The van der Waals surface area contributed by atoms with Gasteiger partial charge in [-0.3, -0.25) is 0 Å². The molecule has 1 aliphatic rings. The van der Waals surface area contributed by atoms with E-state index in [2.05, 4.69) is 32.2 Å². The summed E-state index contributed by atoms with van der Waals surface area (Å²) in [7, 11) is 1.68. The molecular formula is C19H22BrN3O2. The van der Waals surface area contributed by atoms with Crippen molar-refractivity contribution in [1.82, 2.24) is 4.90 Å². The Bertz CT molecular complexity index is 758. The van der Waals surface area contributed by atoms with E-state index in [1.54, 1.807) is 7.11 Å². The lowest BCUT2D eigenvalue weighted by molar-refractivity contribution is 0.208. The maximum absolute atomic E-state index is 12.5. The first-order valence-corrected chi connectivity index (χ1v) is 9.08. The van der Waals surface area contributed by atoms with Crippen molar-refractivity contribution in [3.63, 3.8) is 0 Å². The quantitative estimate of drug-likeness (QED) is 0.837. The molecular weight excluding hydrogens is 382 g/mol. The fourth-order valence-corrected chi connectivity index (χ4v) is 3.48. The summed E-state index contributed by atoms with van der Waals surface area (Å²) in [5.74, 6) is 0.867. The zero-order valence-electron chi connectivity index (χ0n) is 14.5. The average molecular weight is 404 g/mol. The van der Waals surface area contributed by atoms with Crippen LogP contribution in [0.25, 0.3) is 0 Å². The van der Waals surface area contributed by atoms with Gasteiger partial charge in [-0.25, -0.2) is 4.79 Å². The number of nitrogens with zero attached hydrogens (tertiary/aromatic N) is 2. The van der Waals surface area contributed by atoms with Crippen molar-refractivity contribution in [1.29, 1.82) is 0 Å². The van der Waals surface area contributed by atoms with E-state index < -0.39 is 0 Å². The third kappa shape index (κ3) is 4.07. The van der Waals surface area contributed by atoms with Crippen molar-refractivity contribution in [3.8, 4) is 5.75 Å². The van der Waals surface area contributed by atoms with Gasteiger partial charge >= 0.3 is 6.03 Å². The van der Waals surface area contributed by atoms with Gasteiger partial charge < -0.3 is 19.9 Å². The standard InChI is InChI=1S/C19H22BrN3O2/c1-14-13-15(20)7-8-16(14)21-19(24)23-11-9-22(10-12-23)17-5-3-4-6-18(17)25-2/h3-8,13H,9-12H2,1-2H3,(H,21,24). The highest BCUT2D eigenvalue weighted by Gasteiger charge is 2.23. The Labute approximate surface area is 156 Å². The molecule has 0 saturated carbocycles. The van der Waals surface area contributed by atoms with Crippen molar-refractivity contribution >= 4 is 33.3 Å². The second kappa shape index (κ2) is 7.78. The molecule has 2 amide bonds. The van der Waals surface area contributed by atoms with Crippen LogP contribution < -0.4 is 15.0 Å². The molecule has 25 heavy (non-hydrogen) atoms. The number of methoxy groups -OCH3 is 1. The highest BCUT2D eigenvalue weighted by molar-refractivity contribution is 9.10. The molecule has 132 valence electrons. The molecule has 0 radical (unpaired) electrons. The number of amides is 2. The molecule has 0 aromatic heterocycles. The van der Waals surface area contributed by atoms with Crippen LogP contribution in [-0.4, -0.2) is 44.2 Å². The number of nitrogens with one attached hydrogen (secondary N) is 1. The summed E-state index contributed by atoms with van der Waals surface area (Å²) in [6.07, 6.45) is 0. The van der Waals surface area contributed by atoms with Crippen LogP contribution in [0.3, 0.4) is 0 Å². The first-order valence-electron chi connectivity index (χ1n) is 8.28. The molecule has 1 N–H and O–H groups in total. The molecule has 1 aliphatic heterocycles. The van der Waals surface area contributed by atoms with Crippen LogP contribution in [0.5, 0.6) is 5.75 Å². The zero-order chi connectivity index (χ0) is 17.8. The van der Waals surface area contributed by atoms with Crippen LogP contribution in [-0.2, 0) is 0 Å². The minimum atomic E-state index is -0.0508. The molecule has 0 bridgehead atoms. The lowest BCUT2D eigenvalue weighted by Crippen LogP contribution is -2.50. The number of urea groups is 1. The number of hydrogen-bond donors (Lipinski definition) is 1. The van der Waals surface area contributed by atoms with E-state index in [0.717, 1.165) is 40.2 Å². The van der Waals surface area contributed by atoms with E-state index in [9.17, 15) is 4.79 Å². The molecule has 0 aliphatic carbocycles. The largest absolute Gasteiger partial charge is 0.495 e. The fourth-order valence-electron chi connectivity index (χ4n) is 3.00. The predicted molar refractivity (Wildman–Crippen MR) is 105 cm³/mol. The normalized spacial score (nSPS) is 14.4. The molecule has 5 nitrogen and oxygen atoms in total. The Morgan fingerprint density at radius 1 is 1.12 bits per heavy atom. The van der Waals surface area contributed by atoms with Crippen LogP contribution in [0.1, 0.15) is 5.56 Å². The number of piperazine rings is 1. The minimum absolute atomic E-state index is 0.0508. The number of hydrogen-bond acceptors (Lipinski definition) is 3. The van der Waals surface area contributed by atoms with Crippen LogP contribution >= 0.6 is 15.9 Å². The predicted octanol–water partition coefficient (Wildman–Crippen LogP) is 4.12. The number of carbonyl (C=O) groups is 1. The van der Waals surface area contributed by atoms with Gasteiger partial charge in [0.2, 0.25) is 0 Å². The first-order chi connectivity index (χ1) is 12.1. The maximum Gasteiger partial charge on any atom is 0.321 e. The summed E-state index contributed by atoms with van der Waals surface area (Å²) in [4.78, 5) is 16.6. The van der Waals surface area contributed by atoms with Crippen molar-refractivity contribution in [2.45, 2.75) is 6.92 Å². The molecule has 3 rings (SSSR count). The van der Waals surface area contributed by atoms with Gasteiger partial charge in [-0.15, -0.1) is 0 Å². The van der Waals surface area contributed by atoms with E-state index in [0.29, 0.717) is 13.1 Å². The summed E-state index contributed by atoms with van der Waals surface area (Å²) in [5.41, 5.74) is 2.96. The van der Waals surface area contributed by atoms with Crippen LogP contribution in [0, 0.1) is 6.92 Å². The summed E-state index contributed by atoms with van der Waals surface area (Å²) >= 11 is 3.44. The number of para-hydroxylation sites is 2. The maximum atomic E-state index is 12.5. The molecule has 0 unspecified atom stereocenters. The van der Waals surface area contributed by atoms with E-state index in [1.165, 1.54) is 0 Å². The Hall–Kier alpha value is -2.21. The molecule has 1 fully saturated rings. The van der Waals surface area contributed by atoms with Gasteiger partial charge in [0.05, 0.1) is 12.8 Å². The first kappa shape index (κ1) is 17.6. The smallest absolute Gasteiger partial charge is 0.321 e. The van der Waals surface area contributed by atoms with E-state index in [1.807, 2.05) is 48.2 Å². The molecule has 0 spiro atoms. The Morgan fingerprint density at radius 3 is 2.52 bits per heavy atom. The topological polar surface area (TPSA) is 44.8 Å². The number of halogens is 1. The van der Waals surface area contributed by atoms with Gasteiger partial charge in [-0.1, -0.05) is 28.1 Å². The highest BCUT2D eigenvalue weighted by atomic mass is 79.9. The Balaban J connectivity index is 1.61. The lowest BCUT2D eigenvalue weighted by Gasteiger charge is -2.36. The second-order valence-electron chi connectivity index (χ2n) is 6.04.